The van der Waals surface area contributed by atoms with Gasteiger partial charge in [-0.3, -0.25) is 9.59 Å². The van der Waals surface area contributed by atoms with Crippen molar-refractivity contribution in [1.82, 2.24) is 14.4 Å². The van der Waals surface area contributed by atoms with Crippen LogP contribution in [0.5, 0.6) is 5.75 Å². The molecular weight excluding hydrogens is 402 g/mol. The number of benzene rings is 1. The van der Waals surface area contributed by atoms with Gasteiger partial charge in [0, 0.05) is 37.1 Å². The Balaban J connectivity index is 2.09. The van der Waals surface area contributed by atoms with Crippen molar-refractivity contribution in [3.8, 4) is 5.75 Å². The lowest BCUT2D eigenvalue weighted by Gasteiger charge is -2.30. The van der Waals surface area contributed by atoms with Crippen LogP contribution in [-0.4, -0.2) is 51.9 Å². The highest BCUT2D eigenvalue weighted by Gasteiger charge is 2.25. The monoisotopic (exact) mass is 441 g/mol. The number of nitrogens with zero attached hydrogens (tertiary/aromatic N) is 3. The summed E-state index contributed by atoms with van der Waals surface area (Å²) in [7, 11) is 1.98. The third kappa shape index (κ3) is 7.43. The number of aryl methyl sites for hydroxylation is 1. The van der Waals surface area contributed by atoms with Crippen LogP contribution >= 0.6 is 0 Å². The molecule has 32 heavy (non-hydrogen) atoms. The molecule has 0 aliphatic carbocycles. The molecule has 2 aromatic rings. The molecule has 1 heterocycles. The SMILES string of the molecule is CCCCOc1ccc(C(=O)N(CC(=O)N(CCCC)Cc2cccn2C)C(C)C)cc1. The molecule has 0 unspecified atom stereocenters. The smallest absolute Gasteiger partial charge is 0.254 e. The number of ether oxygens (including phenoxy) is 1. The molecule has 0 saturated heterocycles. The largest absolute Gasteiger partial charge is 0.494 e. The van der Waals surface area contributed by atoms with Gasteiger partial charge in [-0.25, -0.2) is 0 Å². The zero-order valence-electron chi connectivity index (χ0n) is 20.3. The fraction of sp³-hybridized carbons (Fsp3) is 0.538. The molecule has 2 amide bonds. The van der Waals surface area contributed by atoms with Crippen molar-refractivity contribution in [3.05, 3.63) is 53.9 Å². The Labute approximate surface area is 193 Å². The lowest BCUT2D eigenvalue weighted by Crippen LogP contribution is -2.46. The Morgan fingerprint density at radius 3 is 2.28 bits per heavy atom. The second-order valence-corrected chi connectivity index (χ2v) is 8.53. The van der Waals surface area contributed by atoms with Gasteiger partial charge >= 0.3 is 0 Å². The molecule has 2 rings (SSSR count). The van der Waals surface area contributed by atoms with Crippen LogP contribution in [0.2, 0.25) is 0 Å². The van der Waals surface area contributed by atoms with Gasteiger partial charge in [-0.2, -0.15) is 0 Å². The molecule has 0 radical (unpaired) electrons. The fourth-order valence-electron chi connectivity index (χ4n) is 3.43. The Bertz CT molecular complexity index is 842. The third-order valence-corrected chi connectivity index (χ3v) is 5.60. The van der Waals surface area contributed by atoms with Gasteiger partial charge in [-0.15, -0.1) is 0 Å². The lowest BCUT2D eigenvalue weighted by molar-refractivity contribution is -0.133. The van der Waals surface area contributed by atoms with Crippen molar-refractivity contribution in [3.63, 3.8) is 0 Å². The third-order valence-electron chi connectivity index (χ3n) is 5.60. The number of hydrogen-bond donors (Lipinski definition) is 0. The van der Waals surface area contributed by atoms with E-state index in [0.717, 1.165) is 37.1 Å². The minimum Gasteiger partial charge on any atom is -0.494 e. The first kappa shape index (κ1) is 25.5. The Kier molecular flexibility index (Phi) is 10.3. The minimum atomic E-state index is -0.136. The number of amides is 2. The fourth-order valence-corrected chi connectivity index (χ4v) is 3.43. The molecular formula is C26H39N3O3. The van der Waals surface area contributed by atoms with E-state index in [1.54, 1.807) is 17.0 Å². The zero-order valence-corrected chi connectivity index (χ0v) is 20.3. The summed E-state index contributed by atoms with van der Waals surface area (Å²) < 4.78 is 7.72. The molecule has 0 atom stereocenters. The summed E-state index contributed by atoms with van der Waals surface area (Å²) in [6.07, 6.45) is 6.01. The summed E-state index contributed by atoms with van der Waals surface area (Å²) in [6.45, 7) is 10.1. The van der Waals surface area contributed by atoms with Gasteiger partial charge in [0.1, 0.15) is 12.3 Å². The summed E-state index contributed by atoms with van der Waals surface area (Å²) >= 11 is 0. The Hall–Kier alpha value is -2.76. The molecule has 0 fully saturated rings. The van der Waals surface area contributed by atoms with Crippen LogP contribution in [0.15, 0.2) is 42.6 Å². The quantitative estimate of drug-likeness (QED) is 0.416. The minimum absolute atomic E-state index is 0.0266. The van der Waals surface area contributed by atoms with Gasteiger partial charge in [-0.1, -0.05) is 26.7 Å². The molecule has 1 aromatic carbocycles. The van der Waals surface area contributed by atoms with E-state index in [9.17, 15) is 9.59 Å². The van der Waals surface area contributed by atoms with Gasteiger partial charge in [0.15, 0.2) is 0 Å². The molecule has 0 aliphatic heterocycles. The van der Waals surface area contributed by atoms with Crippen molar-refractivity contribution in [1.29, 1.82) is 0 Å². The van der Waals surface area contributed by atoms with Crippen molar-refractivity contribution < 1.29 is 14.3 Å². The summed E-state index contributed by atoms with van der Waals surface area (Å²) in [6, 6.07) is 11.1. The van der Waals surface area contributed by atoms with Gasteiger partial charge in [0.25, 0.3) is 5.91 Å². The van der Waals surface area contributed by atoms with Crippen LogP contribution in [0, 0.1) is 0 Å². The zero-order chi connectivity index (χ0) is 23.5. The van der Waals surface area contributed by atoms with Crippen molar-refractivity contribution >= 4 is 11.8 Å². The molecule has 176 valence electrons. The van der Waals surface area contributed by atoms with E-state index in [2.05, 4.69) is 13.8 Å². The van der Waals surface area contributed by atoms with Gasteiger partial charge in [0.2, 0.25) is 5.91 Å². The summed E-state index contributed by atoms with van der Waals surface area (Å²) in [5.74, 6) is 0.597. The van der Waals surface area contributed by atoms with Crippen molar-refractivity contribution in [2.24, 2.45) is 7.05 Å². The van der Waals surface area contributed by atoms with Crippen molar-refractivity contribution in [2.75, 3.05) is 19.7 Å². The lowest BCUT2D eigenvalue weighted by atomic mass is 10.1. The van der Waals surface area contributed by atoms with E-state index in [-0.39, 0.29) is 24.4 Å². The first-order valence-corrected chi connectivity index (χ1v) is 11.8. The van der Waals surface area contributed by atoms with Gasteiger partial charge in [-0.05, 0) is 63.1 Å². The molecule has 0 spiro atoms. The molecule has 6 nitrogen and oxygen atoms in total. The molecule has 0 aliphatic rings. The Morgan fingerprint density at radius 2 is 1.72 bits per heavy atom. The highest BCUT2D eigenvalue weighted by molar-refractivity contribution is 5.96. The normalized spacial score (nSPS) is 10.9. The van der Waals surface area contributed by atoms with Crippen LogP contribution < -0.4 is 4.74 Å². The van der Waals surface area contributed by atoms with Crippen LogP contribution in [-0.2, 0) is 18.4 Å². The van der Waals surface area contributed by atoms with E-state index < -0.39 is 0 Å². The van der Waals surface area contributed by atoms with Gasteiger partial charge < -0.3 is 19.1 Å². The number of unbranched alkanes of at least 4 members (excludes halogenated alkanes) is 2. The number of carbonyl (C=O) groups is 2. The number of rotatable bonds is 13. The van der Waals surface area contributed by atoms with E-state index in [1.165, 1.54) is 0 Å². The average molecular weight is 442 g/mol. The highest BCUT2D eigenvalue weighted by atomic mass is 16.5. The van der Waals surface area contributed by atoms with Crippen LogP contribution in [0.3, 0.4) is 0 Å². The molecule has 0 saturated carbocycles. The molecule has 0 bridgehead atoms. The second-order valence-electron chi connectivity index (χ2n) is 8.53. The standard InChI is InChI=1S/C26H39N3O3/c1-6-8-17-28(19-23-11-10-16-27(23)5)25(30)20-29(21(3)4)26(31)22-12-14-24(15-13-22)32-18-9-7-2/h10-16,21H,6-9,17-20H2,1-5H3. The van der Waals surface area contributed by atoms with Gasteiger partial charge in [0.05, 0.1) is 13.2 Å². The Morgan fingerprint density at radius 1 is 1.03 bits per heavy atom. The maximum atomic E-state index is 13.2. The summed E-state index contributed by atoms with van der Waals surface area (Å²) in [5.41, 5.74) is 1.65. The maximum absolute atomic E-state index is 13.2. The average Bonchev–Trinajstić information content (AvgIpc) is 3.19. The number of hydrogen-bond acceptors (Lipinski definition) is 3. The van der Waals surface area contributed by atoms with E-state index >= 15 is 0 Å². The van der Waals surface area contributed by atoms with E-state index in [1.807, 2.05) is 60.8 Å². The highest BCUT2D eigenvalue weighted by Crippen LogP contribution is 2.16. The first-order chi connectivity index (χ1) is 15.4. The van der Waals surface area contributed by atoms with Crippen LogP contribution in [0.25, 0.3) is 0 Å². The molecule has 1 aromatic heterocycles. The first-order valence-electron chi connectivity index (χ1n) is 11.8. The topological polar surface area (TPSA) is 54.8 Å². The predicted molar refractivity (Wildman–Crippen MR) is 129 cm³/mol. The summed E-state index contributed by atoms with van der Waals surface area (Å²) in [5, 5.41) is 0. The molecule has 6 heteroatoms. The van der Waals surface area contributed by atoms with Crippen LogP contribution in [0.1, 0.15) is 69.4 Å². The van der Waals surface area contributed by atoms with E-state index in [0.29, 0.717) is 25.3 Å². The summed E-state index contributed by atoms with van der Waals surface area (Å²) in [4.78, 5) is 30.0. The van der Waals surface area contributed by atoms with Crippen LogP contribution in [0.4, 0.5) is 0 Å². The van der Waals surface area contributed by atoms with E-state index in [4.69, 9.17) is 4.74 Å². The maximum Gasteiger partial charge on any atom is 0.254 e. The number of carbonyl (C=O) groups excluding carboxylic acids is 2. The molecule has 0 N–H and O–H groups in total. The number of aromatic nitrogens is 1. The predicted octanol–water partition coefficient (Wildman–Crippen LogP) is 4.88. The second kappa shape index (κ2) is 12.9. The van der Waals surface area contributed by atoms with Crippen molar-refractivity contribution in [2.45, 2.75) is 66.0 Å².